The molecule has 0 aliphatic carbocycles. The third-order valence-electron chi connectivity index (χ3n) is 2.11. The van der Waals surface area contributed by atoms with E-state index in [-0.39, 0.29) is 0 Å². The van der Waals surface area contributed by atoms with Crippen molar-refractivity contribution in [2.45, 2.75) is 26.3 Å². The number of hydrogen-bond acceptors (Lipinski definition) is 2. The van der Waals surface area contributed by atoms with E-state index >= 15 is 0 Å². The third kappa shape index (κ3) is 3.07. The summed E-state index contributed by atoms with van der Waals surface area (Å²) in [5.41, 5.74) is 7.79. The number of nitrogens with two attached hydrogens (primary N) is 1. The van der Waals surface area contributed by atoms with Gasteiger partial charge in [0.05, 0.1) is 0 Å². The molecule has 0 aromatic heterocycles. The Labute approximate surface area is 80.1 Å². The van der Waals surface area contributed by atoms with Crippen LogP contribution >= 0.6 is 0 Å². The van der Waals surface area contributed by atoms with Crippen molar-refractivity contribution in [2.24, 2.45) is 0 Å². The SMILES string of the molecule is CCCNC(C)c1cccc(N)c1. The minimum Gasteiger partial charge on any atom is -0.399 e. The van der Waals surface area contributed by atoms with Gasteiger partial charge in [-0.3, -0.25) is 0 Å². The van der Waals surface area contributed by atoms with Gasteiger partial charge in [0.25, 0.3) is 0 Å². The van der Waals surface area contributed by atoms with Crippen LogP contribution in [-0.2, 0) is 0 Å². The molecule has 0 aliphatic rings. The van der Waals surface area contributed by atoms with E-state index in [2.05, 4.69) is 25.2 Å². The summed E-state index contributed by atoms with van der Waals surface area (Å²) in [6.45, 7) is 5.37. The topological polar surface area (TPSA) is 38.0 Å². The van der Waals surface area contributed by atoms with Gasteiger partial charge in [-0.15, -0.1) is 0 Å². The molecule has 0 saturated heterocycles. The van der Waals surface area contributed by atoms with Gasteiger partial charge < -0.3 is 11.1 Å². The molecule has 0 spiro atoms. The van der Waals surface area contributed by atoms with Crippen molar-refractivity contribution < 1.29 is 0 Å². The summed E-state index contributed by atoms with van der Waals surface area (Å²) < 4.78 is 0. The molecule has 1 aromatic carbocycles. The zero-order valence-corrected chi connectivity index (χ0v) is 8.38. The van der Waals surface area contributed by atoms with Crippen molar-refractivity contribution in [1.29, 1.82) is 0 Å². The van der Waals surface area contributed by atoms with Gasteiger partial charge in [-0.25, -0.2) is 0 Å². The Kier molecular flexibility index (Phi) is 3.77. The number of nitrogens with one attached hydrogen (secondary N) is 1. The van der Waals surface area contributed by atoms with Crippen LogP contribution in [0.3, 0.4) is 0 Å². The van der Waals surface area contributed by atoms with Gasteiger partial charge in [0.2, 0.25) is 0 Å². The van der Waals surface area contributed by atoms with E-state index in [1.807, 2.05) is 18.2 Å². The second-order valence-corrected chi connectivity index (χ2v) is 3.35. The molecular formula is C11H18N2. The summed E-state index contributed by atoms with van der Waals surface area (Å²) in [4.78, 5) is 0. The van der Waals surface area contributed by atoms with Crippen LogP contribution < -0.4 is 11.1 Å². The first kappa shape index (κ1) is 10.1. The maximum Gasteiger partial charge on any atom is 0.0317 e. The summed E-state index contributed by atoms with van der Waals surface area (Å²) in [7, 11) is 0. The Balaban J connectivity index is 2.60. The number of hydrogen-bond donors (Lipinski definition) is 2. The molecule has 13 heavy (non-hydrogen) atoms. The van der Waals surface area contributed by atoms with Crippen LogP contribution in [0.1, 0.15) is 31.9 Å². The molecule has 0 saturated carbocycles. The Morgan fingerprint density at radius 2 is 2.23 bits per heavy atom. The number of benzene rings is 1. The van der Waals surface area contributed by atoms with Gasteiger partial charge in [0, 0.05) is 11.7 Å². The highest BCUT2D eigenvalue weighted by molar-refractivity contribution is 5.41. The van der Waals surface area contributed by atoms with E-state index in [1.165, 1.54) is 5.56 Å². The molecule has 0 radical (unpaired) electrons. The normalized spacial score (nSPS) is 12.8. The van der Waals surface area contributed by atoms with Crippen molar-refractivity contribution in [3.8, 4) is 0 Å². The first-order valence-electron chi connectivity index (χ1n) is 4.83. The van der Waals surface area contributed by atoms with Gasteiger partial charge >= 0.3 is 0 Å². The Bertz CT molecular complexity index is 258. The van der Waals surface area contributed by atoms with Crippen molar-refractivity contribution in [3.05, 3.63) is 29.8 Å². The molecular weight excluding hydrogens is 160 g/mol. The maximum absolute atomic E-state index is 5.70. The standard InChI is InChI=1S/C11H18N2/c1-3-7-13-9(2)10-5-4-6-11(12)8-10/h4-6,8-9,13H,3,7,12H2,1-2H3. The molecule has 1 atom stereocenters. The van der Waals surface area contributed by atoms with Crippen molar-refractivity contribution >= 4 is 5.69 Å². The van der Waals surface area contributed by atoms with Crippen LogP contribution in [0.2, 0.25) is 0 Å². The van der Waals surface area contributed by atoms with Crippen molar-refractivity contribution in [2.75, 3.05) is 12.3 Å². The fourth-order valence-corrected chi connectivity index (χ4v) is 1.31. The fraction of sp³-hybridized carbons (Fsp3) is 0.455. The van der Waals surface area contributed by atoms with Gasteiger partial charge in [0.15, 0.2) is 0 Å². The average molecular weight is 178 g/mol. The Hall–Kier alpha value is -1.02. The van der Waals surface area contributed by atoms with Crippen LogP contribution in [0.25, 0.3) is 0 Å². The van der Waals surface area contributed by atoms with Crippen LogP contribution in [-0.4, -0.2) is 6.54 Å². The van der Waals surface area contributed by atoms with E-state index in [4.69, 9.17) is 5.73 Å². The van der Waals surface area contributed by atoms with E-state index in [0.717, 1.165) is 18.7 Å². The third-order valence-corrected chi connectivity index (χ3v) is 2.11. The Morgan fingerprint density at radius 3 is 2.85 bits per heavy atom. The number of nitrogen functional groups attached to an aromatic ring is 1. The fourth-order valence-electron chi connectivity index (χ4n) is 1.31. The van der Waals surface area contributed by atoms with Gasteiger partial charge in [-0.1, -0.05) is 19.1 Å². The quantitative estimate of drug-likeness (QED) is 0.694. The van der Waals surface area contributed by atoms with Gasteiger partial charge in [-0.2, -0.15) is 0 Å². The predicted molar refractivity (Wildman–Crippen MR) is 57.6 cm³/mol. The number of rotatable bonds is 4. The highest BCUT2D eigenvalue weighted by Gasteiger charge is 2.02. The van der Waals surface area contributed by atoms with Crippen molar-refractivity contribution in [1.82, 2.24) is 5.32 Å². The lowest BCUT2D eigenvalue weighted by Gasteiger charge is -2.13. The van der Waals surface area contributed by atoms with Crippen molar-refractivity contribution in [3.63, 3.8) is 0 Å². The first-order valence-corrected chi connectivity index (χ1v) is 4.83. The van der Waals surface area contributed by atoms with E-state index < -0.39 is 0 Å². The second kappa shape index (κ2) is 4.87. The maximum atomic E-state index is 5.70. The molecule has 3 N–H and O–H groups in total. The predicted octanol–water partition coefficient (Wildman–Crippen LogP) is 2.33. The minimum absolute atomic E-state index is 0.392. The summed E-state index contributed by atoms with van der Waals surface area (Å²) in [6.07, 6.45) is 1.16. The monoisotopic (exact) mass is 178 g/mol. The largest absolute Gasteiger partial charge is 0.399 e. The summed E-state index contributed by atoms with van der Waals surface area (Å²) in [5.74, 6) is 0. The molecule has 0 heterocycles. The molecule has 0 bridgehead atoms. The molecule has 0 aliphatic heterocycles. The lowest BCUT2D eigenvalue weighted by atomic mass is 10.1. The highest BCUT2D eigenvalue weighted by Crippen LogP contribution is 2.14. The molecule has 1 aromatic rings. The van der Waals surface area contributed by atoms with Crippen LogP contribution in [0, 0.1) is 0 Å². The number of anilines is 1. The van der Waals surface area contributed by atoms with Crippen LogP contribution in [0.5, 0.6) is 0 Å². The van der Waals surface area contributed by atoms with E-state index in [0.29, 0.717) is 6.04 Å². The summed E-state index contributed by atoms with van der Waals surface area (Å²) in [6, 6.07) is 8.42. The highest BCUT2D eigenvalue weighted by atomic mass is 14.9. The molecule has 1 unspecified atom stereocenters. The van der Waals surface area contributed by atoms with E-state index in [9.17, 15) is 0 Å². The zero-order valence-electron chi connectivity index (χ0n) is 8.38. The van der Waals surface area contributed by atoms with Gasteiger partial charge in [0.1, 0.15) is 0 Å². The molecule has 72 valence electrons. The molecule has 2 nitrogen and oxygen atoms in total. The summed E-state index contributed by atoms with van der Waals surface area (Å²) in [5, 5.41) is 3.42. The zero-order chi connectivity index (χ0) is 9.68. The van der Waals surface area contributed by atoms with Crippen LogP contribution in [0.15, 0.2) is 24.3 Å². The first-order chi connectivity index (χ1) is 6.24. The smallest absolute Gasteiger partial charge is 0.0317 e. The minimum atomic E-state index is 0.392. The Morgan fingerprint density at radius 1 is 1.46 bits per heavy atom. The van der Waals surface area contributed by atoms with Crippen LogP contribution in [0.4, 0.5) is 5.69 Å². The molecule has 0 amide bonds. The second-order valence-electron chi connectivity index (χ2n) is 3.35. The average Bonchev–Trinajstić information content (AvgIpc) is 2.14. The lowest BCUT2D eigenvalue weighted by molar-refractivity contribution is 0.571. The van der Waals surface area contributed by atoms with E-state index in [1.54, 1.807) is 0 Å². The molecule has 1 rings (SSSR count). The molecule has 0 fully saturated rings. The summed E-state index contributed by atoms with van der Waals surface area (Å²) >= 11 is 0. The van der Waals surface area contributed by atoms with Gasteiger partial charge in [-0.05, 0) is 37.6 Å². The lowest BCUT2D eigenvalue weighted by Crippen LogP contribution is -2.19. The molecule has 2 heteroatoms.